The Morgan fingerprint density at radius 3 is 2.55 bits per heavy atom. The average molecular weight is 595 g/mol. The van der Waals surface area contributed by atoms with Crippen molar-refractivity contribution in [2.75, 3.05) is 42.1 Å². The van der Waals surface area contributed by atoms with E-state index in [2.05, 4.69) is 16.0 Å². The summed E-state index contributed by atoms with van der Waals surface area (Å²) in [7, 11) is -1.81. The summed E-state index contributed by atoms with van der Waals surface area (Å²) in [5.74, 6) is 0.516. The van der Waals surface area contributed by atoms with Crippen LogP contribution in [0.3, 0.4) is 0 Å². The van der Waals surface area contributed by atoms with Crippen LogP contribution in [0, 0.1) is 6.92 Å². The first kappa shape index (κ1) is 31.3. The molecule has 1 aliphatic rings. The molecule has 226 valence electrons. The first-order chi connectivity index (χ1) is 20.2. The fourth-order valence-corrected chi connectivity index (χ4v) is 6.78. The number of rotatable bonds is 13. The Kier molecular flexibility index (Phi) is 10.8. The number of aliphatic hydroxyl groups excluding tert-OH is 1. The van der Waals surface area contributed by atoms with Crippen molar-refractivity contribution in [2.24, 2.45) is 0 Å². The van der Waals surface area contributed by atoms with Gasteiger partial charge in [-0.2, -0.15) is 0 Å². The van der Waals surface area contributed by atoms with Gasteiger partial charge in [-0.25, -0.2) is 8.42 Å². The van der Waals surface area contributed by atoms with E-state index in [1.54, 1.807) is 25.3 Å². The number of benzene rings is 3. The summed E-state index contributed by atoms with van der Waals surface area (Å²) in [4.78, 5) is 13.6. The molecule has 4 rings (SSSR count). The number of hydrogen-bond donors (Lipinski definition) is 4. The SMILES string of the molecule is CCNc1cc(C(=O)N[C@@H](Cc2ccccc2)[C@H](O)CNCc2ccc(C)c(OC)c2)cc(N2CCCCS2(=O)=O)c1. The number of anilines is 2. The Balaban J connectivity index is 1.52. The van der Waals surface area contributed by atoms with E-state index in [0.29, 0.717) is 49.4 Å². The number of carbonyl (C=O) groups is 1. The lowest BCUT2D eigenvalue weighted by atomic mass is 10.00. The fourth-order valence-electron chi connectivity index (χ4n) is 5.16. The molecule has 4 N–H and O–H groups in total. The van der Waals surface area contributed by atoms with E-state index in [1.807, 2.05) is 62.4 Å². The number of ether oxygens (including phenoxy) is 1. The molecule has 2 atom stereocenters. The molecule has 0 aromatic heterocycles. The molecule has 0 radical (unpaired) electrons. The number of nitrogens with zero attached hydrogens (tertiary/aromatic N) is 1. The molecule has 0 unspecified atom stereocenters. The smallest absolute Gasteiger partial charge is 0.251 e. The molecule has 1 fully saturated rings. The van der Waals surface area contributed by atoms with Crippen LogP contribution in [0.25, 0.3) is 0 Å². The van der Waals surface area contributed by atoms with Crippen molar-refractivity contribution in [3.63, 3.8) is 0 Å². The Bertz CT molecular complexity index is 1450. The van der Waals surface area contributed by atoms with E-state index in [-0.39, 0.29) is 18.2 Å². The van der Waals surface area contributed by atoms with Crippen LogP contribution in [0.5, 0.6) is 5.75 Å². The molecular weight excluding hydrogens is 552 g/mol. The second kappa shape index (κ2) is 14.5. The standard InChI is InChI=1S/C32H42N4O5S/c1-4-34-27-18-26(19-28(20-27)36-14-8-9-15-42(36,39)40)32(38)35-29(16-24-10-6-5-7-11-24)30(37)22-33-21-25-13-12-23(2)31(17-25)41-3/h5-7,10-13,17-20,29-30,33-34,37H,4,8-9,14-16,21-22H2,1-3H3,(H,35,38)/t29-,30+/m0/s1. The summed E-state index contributed by atoms with van der Waals surface area (Å²) in [6, 6.07) is 20.2. The molecule has 9 nitrogen and oxygen atoms in total. The number of aryl methyl sites for hydroxylation is 1. The third-order valence-corrected chi connectivity index (χ3v) is 9.30. The van der Waals surface area contributed by atoms with Gasteiger partial charge in [0.15, 0.2) is 0 Å². The molecule has 0 bridgehead atoms. The van der Waals surface area contributed by atoms with E-state index < -0.39 is 22.2 Å². The maximum absolute atomic E-state index is 13.6. The molecular formula is C32H42N4O5S. The van der Waals surface area contributed by atoms with Gasteiger partial charge in [-0.15, -0.1) is 0 Å². The highest BCUT2D eigenvalue weighted by Gasteiger charge is 2.28. The Hall–Kier alpha value is -3.60. The quantitative estimate of drug-likeness (QED) is 0.237. The van der Waals surface area contributed by atoms with Crippen LogP contribution in [0.15, 0.2) is 66.7 Å². The van der Waals surface area contributed by atoms with Gasteiger partial charge in [0.2, 0.25) is 10.0 Å². The van der Waals surface area contributed by atoms with Crippen molar-refractivity contribution < 1.29 is 23.1 Å². The van der Waals surface area contributed by atoms with Crippen molar-refractivity contribution in [1.82, 2.24) is 10.6 Å². The Morgan fingerprint density at radius 1 is 1.05 bits per heavy atom. The largest absolute Gasteiger partial charge is 0.496 e. The fraction of sp³-hybridized carbons (Fsp3) is 0.406. The summed E-state index contributed by atoms with van der Waals surface area (Å²) < 4.78 is 32.4. The highest BCUT2D eigenvalue weighted by molar-refractivity contribution is 7.92. The predicted octanol–water partition coefficient (Wildman–Crippen LogP) is 3.86. The van der Waals surface area contributed by atoms with Gasteiger partial charge in [0, 0.05) is 37.4 Å². The minimum Gasteiger partial charge on any atom is -0.496 e. The molecule has 10 heteroatoms. The molecule has 1 aliphatic heterocycles. The normalized spacial score (nSPS) is 16.0. The zero-order chi connectivity index (χ0) is 30.1. The number of amides is 1. The second-order valence-electron chi connectivity index (χ2n) is 10.7. The highest BCUT2D eigenvalue weighted by Crippen LogP contribution is 2.28. The Labute approximate surface area is 249 Å². The van der Waals surface area contributed by atoms with Crippen LogP contribution in [0.1, 0.15) is 46.8 Å². The molecule has 3 aromatic rings. The van der Waals surface area contributed by atoms with Gasteiger partial charge in [0.25, 0.3) is 5.91 Å². The van der Waals surface area contributed by atoms with Crippen molar-refractivity contribution in [3.8, 4) is 5.75 Å². The van der Waals surface area contributed by atoms with Crippen molar-refractivity contribution in [2.45, 2.75) is 51.8 Å². The number of hydrogen-bond acceptors (Lipinski definition) is 7. The Morgan fingerprint density at radius 2 is 1.83 bits per heavy atom. The number of methoxy groups -OCH3 is 1. The predicted molar refractivity (Wildman–Crippen MR) is 168 cm³/mol. The van der Waals surface area contributed by atoms with Crippen LogP contribution in [0.2, 0.25) is 0 Å². The molecule has 1 saturated heterocycles. The van der Waals surface area contributed by atoms with E-state index >= 15 is 0 Å². The van der Waals surface area contributed by atoms with Crippen LogP contribution in [-0.4, -0.2) is 64.1 Å². The molecule has 0 saturated carbocycles. The van der Waals surface area contributed by atoms with Gasteiger partial charge in [0.05, 0.1) is 30.7 Å². The van der Waals surface area contributed by atoms with Gasteiger partial charge in [0.1, 0.15) is 5.75 Å². The monoisotopic (exact) mass is 594 g/mol. The second-order valence-corrected chi connectivity index (χ2v) is 12.7. The third-order valence-electron chi connectivity index (χ3n) is 7.43. The molecule has 0 spiro atoms. The molecule has 3 aromatic carbocycles. The van der Waals surface area contributed by atoms with E-state index in [9.17, 15) is 18.3 Å². The summed E-state index contributed by atoms with van der Waals surface area (Å²) in [5, 5.41) is 20.8. The summed E-state index contributed by atoms with van der Waals surface area (Å²) >= 11 is 0. The number of aliphatic hydroxyl groups is 1. The number of sulfonamides is 1. The number of nitrogens with one attached hydrogen (secondary N) is 3. The van der Waals surface area contributed by atoms with Crippen molar-refractivity contribution in [3.05, 3.63) is 89.0 Å². The highest BCUT2D eigenvalue weighted by atomic mass is 32.2. The summed E-state index contributed by atoms with van der Waals surface area (Å²) in [6.45, 7) is 5.70. The third kappa shape index (κ3) is 8.24. The lowest BCUT2D eigenvalue weighted by Crippen LogP contribution is -2.48. The summed E-state index contributed by atoms with van der Waals surface area (Å²) in [5.41, 5.74) is 4.51. The maximum atomic E-state index is 13.6. The number of carbonyl (C=O) groups excluding carboxylic acids is 1. The lowest BCUT2D eigenvalue weighted by molar-refractivity contribution is 0.0830. The van der Waals surface area contributed by atoms with E-state index in [0.717, 1.165) is 28.9 Å². The van der Waals surface area contributed by atoms with E-state index in [1.165, 1.54) is 4.31 Å². The molecule has 0 aliphatic carbocycles. The first-order valence-electron chi connectivity index (χ1n) is 14.5. The van der Waals surface area contributed by atoms with Crippen molar-refractivity contribution in [1.29, 1.82) is 0 Å². The molecule has 42 heavy (non-hydrogen) atoms. The van der Waals surface area contributed by atoms with Crippen LogP contribution in [-0.2, 0) is 23.0 Å². The zero-order valence-electron chi connectivity index (χ0n) is 24.6. The molecule has 1 amide bonds. The van der Waals surface area contributed by atoms with Gasteiger partial charge in [-0.05, 0) is 74.1 Å². The zero-order valence-corrected chi connectivity index (χ0v) is 25.4. The first-order valence-corrected chi connectivity index (χ1v) is 16.1. The van der Waals surface area contributed by atoms with Gasteiger partial charge < -0.3 is 25.8 Å². The van der Waals surface area contributed by atoms with Crippen LogP contribution in [0.4, 0.5) is 11.4 Å². The van der Waals surface area contributed by atoms with Crippen LogP contribution < -0.4 is 25.0 Å². The minimum atomic E-state index is -3.45. The van der Waals surface area contributed by atoms with Crippen molar-refractivity contribution >= 4 is 27.3 Å². The van der Waals surface area contributed by atoms with Gasteiger partial charge in [-0.3, -0.25) is 9.10 Å². The maximum Gasteiger partial charge on any atom is 0.251 e. The van der Waals surface area contributed by atoms with Crippen LogP contribution >= 0.6 is 0 Å². The molecule has 1 heterocycles. The van der Waals surface area contributed by atoms with Gasteiger partial charge in [-0.1, -0.05) is 42.5 Å². The summed E-state index contributed by atoms with van der Waals surface area (Å²) in [6.07, 6.45) is 0.929. The average Bonchev–Trinajstić information content (AvgIpc) is 2.98. The topological polar surface area (TPSA) is 120 Å². The van der Waals surface area contributed by atoms with Gasteiger partial charge >= 0.3 is 0 Å². The minimum absolute atomic E-state index is 0.0909. The lowest BCUT2D eigenvalue weighted by Gasteiger charge is -2.29. The van der Waals surface area contributed by atoms with E-state index in [4.69, 9.17) is 4.74 Å².